The van der Waals surface area contributed by atoms with Crippen LogP contribution in [0.15, 0.2) is 42.5 Å². The molecule has 1 aliphatic rings. The van der Waals surface area contributed by atoms with Crippen LogP contribution >= 0.6 is 0 Å². The summed E-state index contributed by atoms with van der Waals surface area (Å²) in [5, 5.41) is 2.95. The second-order valence-electron chi connectivity index (χ2n) is 6.66. The van der Waals surface area contributed by atoms with Crippen LogP contribution in [-0.4, -0.2) is 33.2 Å². The molecule has 1 heterocycles. The van der Waals surface area contributed by atoms with Gasteiger partial charge in [0.1, 0.15) is 11.5 Å². The molecule has 0 aliphatic carbocycles. The SMILES string of the molecule is COc1cc(/C=C/C(=O)Nc2ccc(N3CCCC3)cc2C)cc(OC)c1. The number of rotatable bonds is 6. The highest BCUT2D eigenvalue weighted by molar-refractivity contribution is 6.02. The summed E-state index contributed by atoms with van der Waals surface area (Å²) in [5.74, 6) is 1.19. The molecule has 5 heteroatoms. The summed E-state index contributed by atoms with van der Waals surface area (Å²) in [6.07, 6.45) is 5.76. The average molecular weight is 366 g/mol. The van der Waals surface area contributed by atoms with E-state index >= 15 is 0 Å². The summed E-state index contributed by atoms with van der Waals surface area (Å²) in [7, 11) is 3.20. The van der Waals surface area contributed by atoms with Crippen LogP contribution in [-0.2, 0) is 4.79 Å². The maximum atomic E-state index is 12.3. The molecular weight excluding hydrogens is 340 g/mol. The number of amides is 1. The van der Waals surface area contributed by atoms with Gasteiger partial charge in [0.15, 0.2) is 0 Å². The molecule has 3 rings (SSSR count). The lowest BCUT2D eigenvalue weighted by Crippen LogP contribution is -2.18. The summed E-state index contributed by atoms with van der Waals surface area (Å²) in [6, 6.07) is 11.7. The van der Waals surface area contributed by atoms with Gasteiger partial charge in [0, 0.05) is 36.6 Å². The zero-order valence-corrected chi connectivity index (χ0v) is 16.1. The minimum absolute atomic E-state index is 0.172. The maximum Gasteiger partial charge on any atom is 0.248 e. The number of anilines is 2. The number of nitrogens with zero attached hydrogens (tertiary/aromatic N) is 1. The quantitative estimate of drug-likeness (QED) is 0.776. The third-order valence-electron chi connectivity index (χ3n) is 4.74. The van der Waals surface area contributed by atoms with Gasteiger partial charge in [-0.2, -0.15) is 0 Å². The number of hydrogen-bond donors (Lipinski definition) is 1. The fourth-order valence-electron chi connectivity index (χ4n) is 3.23. The van der Waals surface area contributed by atoms with Crippen LogP contribution in [0, 0.1) is 6.92 Å². The number of hydrogen-bond acceptors (Lipinski definition) is 4. The van der Waals surface area contributed by atoms with Crippen molar-refractivity contribution in [2.75, 3.05) is 37.5 Å². The van der Waals surface area contributed by atoms with Crippen LogP contribution in [0.25, 0.3) is 6.08 Å². The first-order valence-electron chi connectivity index (χ1n) is 9.17. The van der Waals surface area contributed by atoms with Gasteiger partial charge in [-0.05, 0) is 67.3 Å². The van der Waals surface area contributed by atoms with Gasteiger partial charge >= 0.3 is 0 Å². The fourth-order valence-corrected chi connectivity index (χ4v) is 3.23. The van der Waals surface area contributed by atoms with Crippen molar-refractivity contribution < 1.29 is 14.3 Å². The number of aryl methyl sites for hydroxylation is 1. The second-order valence-corrected chi connectivity index (χ2v) is 6.66. The normalized spacial score (nSPS) is 13.8. The van der Waals surface area contributed by atoms with E-state index in [4.69, 9.17) is 9.47 Å². The van der Waals surface area contributed by atoms with Crippen LogP contribution in [0.2, 0.25) is 0 Å². The number of nitrogens with one attached hydrogen (secondary N) is 1. The Kier molecular flexibility index (Phi) is 6.01. The predicted molar refractivity (Wildman–Crippen MR) is 110 cm³/mol. The van der Waals surface area contributed by atoms with E-state index < -0.39 is 0 Å². The Bertz CT molecular complexity index is 817. The molecule has 5 nitrogen and oxygen atoms in total. The van der Waals surface area contributed by atoms with E-state index in [2.05, 4.69) is 22.3 Å². The first-order valence-corrected chi connectivity index (χ1v) is 9.17. The third-order valence-corrected chi connectivity index (χ3v) is 4.74. The molecule has 0 aromatic heterocycles. The molecule has 1 N–H and O–H groups in total. The standard InChI is InChI=1S/C22H26N2O3/c1-16-12-18(24-10-4-5-11-24)7-8-21(16)23-22(25)9-6-17-13-19(26-2)15-20(14-17)27-3/h6-9,12-15H,4-5,10-11H2,1-3H3,(H,23,25)/b9-6+. The molecule has 1 fully saturated rings. The van der Waals surface area contributed by atoms with Crippen LogP contribution in [0.1, 0.15) is 24.0 Å². The summed E-state index contributed by atoms with van der Waals surface area (Å²) >= 11 is 0. The number of carbonyl (C=O) groups excluding carboxylic acids is 1. The molecule has 0 atom stereocenters. The summed E-state index contributed by atoms with van der Waals surface area (Å²) in [4.78, 5) is 14.7. The van der Waals surface area contributed by atoms with Crippen molar-refractivity contribution in [1.29, 1.82) is 0 Å². The van der Waals surface area contributed by atoms with Crippen LogP contribution in [0.5, 0.6) is 11.5 Å². The van der Waals surface area contributed by atoms with Crippen molar-refractivity contribution in [3.63, 3.8) is 0 Å². The van der Waals surface area contributed by atoms with Crippen molar-refractivity contribution in [3.8, 4) is 11.5 Å². The van der Waals surface area contributed by atoms with Crippen molar-refractivity contribution in [3.05, 3.63) is 53.6 Å². The fraction of sp³-hybridized carbons (Fsp3) is 0.318. The van der Waals surface area contributed by atoms with Gasteiger partial charge < -0.3 is 19.7 Å². The van der Waals surface area contributed by atoms with Crippen LogP contribution < -0.4 is 19.7 Å². The molecule has 1 amide bonds. The molecule has 2 aromatic carbocycles. The minimum atomic E-state index is -0.172. The van der Waals surface area contributed by atoms with E-state index in [-0.39, 0.29) is 5.91 Å². The van der Waals surface area contributed by atoms with E-state index in [0.717, 1.165) is 29.9 Å². The highest BCUT2D eigenvalue weighted by Crippen LogP contribution is 2.26. The van der Waals surface area contributed by atoms with Crippen molar-refractivity contribution in [1.82, 2.24) is 0 Å². The van der Waals surface area contributed by atoms with Gasteiger partial charge in [-0.3, -0.25) is 4.79 Å². The van der Waals surface area contributed by atoms with Gasteiger partial charge in [-0.15, -0.1) is 0 Å². The first-order chi connectivity index (χ1) is 13.1. The lowest BCUT2D eigenvalue weighted by Gasteiger charge is -2.19. The molecule has 0 saturated carbocycles. The van der Waals surface area contributed by atoms with E-state index in [9.17, 15) is 4.79 Å². The van der Waals surface area contributed by atoms with Gasteiger partial charge in [0.2, 0.25) is 5.91 Å². The largest absolute Gasteiger partial charge is 0.497 e. The Morgan fingerprint density at radius 1 is 1.04 bits per heavy atom. The third kappa shape index (κ3) is 4.82. The zero-order chi connectivity index (χ0) is 19.2. The van der Waals surface area contributed by atoms with Gasteiger partial charge in [0.25, 0.3) is 0 Å². The Labute approximate surface area is 160 Å². The summed E-state index contributed by atoms with van der Waals surface area (Å²) in [6.45, 7) is 4.24. The Morgan fingerprint density at radius 2 is 1.70 bits per heavy atom. The Hall–Kier alpha value is -2.95. The number of methoxy groups -OCH3 is 2. The minimum Gasteiger partial charge on any atom is -0.497 e. The van der Waals surface area contributed by atoms with Crippen molar-refractivity contribution in [2.24, 2.45) is 0 Å². The van der Waals surface area contributed by atoms with Crippen LogP contribution in [0.3, 0.4) is 0 Å². The Balaban J connectivity index is 1.67. The summed E-state index contributed by atoms with van der Waals surface area (Å²) < 4.78 is 10.5. The highest BCUT2D eigenvalue weighted by atomic mass is 16.5. The Morgan fingerprint density at radius 3 is 2.30 bits per heavy atom. The number of benzene rings is 2. The lowest BCUT2D eigenvalue weighted by molar-refractivity contribution is -0.111. The molecule has 1 aliphatic heterocycles. The van der Waals surface area contributed by atoms with Gasteiger partial charge in [-0.1, -0.05) is 0 Å². The average Bonchev–Trinajstić information content (AvgIpc) is 3.22. The number of carbonyl (C=O) groups is 1. The summed E-state index contributed by atoms with van der Waals surface area (Å²) in [5.41, 5.74) is 3.95. The first kappa shape index (κ1) is 18.8. The second kappa shape index (κ2) is 8.62. The molecule has 27 heavy (non-hydrogen) atoms. The molecule has 0 bridgehead atoms. The smallest absolute Gasteiger partial charge is 0.248 e. The van der Waals surface area contributed by atoms with E-state index in [1.165, 1.54) is 24.6 Å². The molecule has 0 radical (unpaired) electrons. The monoisotopic (exact) mass is 366 g/mol. The van der Waals surface area contributed by atoms with Gasteiger partial charge in [-0.25, -0.2) is 0 Å². The molecule has 0 unspecified atom stereocenters. The lowest BCUT2D eigenvalue weighted by atomic mass is 10.1. The zero-order valence-electron chi connectivity index (χ0n) is 16.1. The number of ether oxygens (including phenoxy) is 2. The van der Waals surface area contributed by atoms with E-state index in [1.54, 1.807) is 26.4 Å². The molecule has 1 saturated heterocycles. The topological polar surface area (TPSA) is 50.8 Å². The van der Waals surface area contributed by atoms with E-state index in [0.29, 0.717) is 11.5 Å². The van der Waals surface area contributed by atoms with Crippen molar-refractivity contribution in [2.45, 2.75) is 19.8 Å². The molecule has 142 valence electrons. The molecule has 0 spiro atoms. The molecule has 2 aromatic rings. The molecular formula is C22H26N2O3. The highest BCUT2D eigenvalue weighted by Gasteiger charge is 2.13. The van der Waals surface area contributed by atoms with Crippen LogP contribution in [0.4, 0.5) is 11.4 Å². The van der Waals surface area contributed by atoms with E-state index in [1.807, 2.05) is 25.1 Å². The van der Waals surface area contributed by atoms with Crippen molar-refractivity contribution >= 4 is 23.4 Å². The van der Waals surface area contributed by atoms with Gasteiger partial charge in [0.05, 0.1) is 14.2 Å². The maximum absolute atomic E-state index is 12.3. The predicted octanol–water partition coefficient (Wildman–Crippen LogP) is 4.26.